The van der Waals surface area contributed by atoms with Gasteiger partial charge in [0.15, 0.2) is 0 Å². The Morgan fingerprint density at radius 3 is 2.68 bits per heavy atom. The maximum atomic E-state index is 6.28. The van der Waals surface area contributed by atoms with E-state index >= 15 is 0 Å². The lowest BCUT2D eigenvalue weighted by Gasteiger charge is -2.21. The van der Waals surface area contributed by atoms with Crippen LogP contribution in [0.1, 0.15) is 42.0 Å². The molecule has 2 aromatic rings. The average molecular weight is 378 g/mol. The molecule has 28 heavy (non-hydrogen) atoms. The third kappa shape index (κ3) is 4.33. The second-order valence-corrected chi connectivity index (χ2v) is 6.91. The van der Waals surface area contributed by atoms with Crippen LogP contribution in [-0.4, -0.2) is 37.5 Å². The minimum atomic E-state index is 0.0823. The van der Waals surface area contributed by atoms with E-state index in [-0.39, 0.29) is 5.92 Å². The number of hydrogen-bond donors (Lipinski definition) is 0. The highest BCUT2D eigenvalue weighted by atomic mass is 16.5. The molecule has 2 aromatic carbocycles. The molecule has 0 aromatic heterocycles. The van der Waals surface area contributed by atoms with Crippen molar-refractivity contribution in [1.29, 1.82) is 0 Å². The Hall–Kier alpha value is -2.88. The number of ether oxygens (including phenoxy) is 2. The van der Waals surface area contributed by atoms with E-state index in [1.807, 2.05) is 49.2 Å². The van der Waals surface area contributed by atoms with Gasteiger partial charge in [0.25, 0.3) is 12.2 Å². The van der Waals surface area contributed by atoms with Crippen molar-refractivity contribution in [2.75, 3.05) is 20.7 Å². The lowest BCUT2D eigenvalue weighted by molar-refractivity contribution is -0.378. The van der Waals surface area contributed by atoms with Gasteiger partial charge >= 0.3 is 0 Å². The first-order valence-corrected chi connectivity index (χ1v) is 9.77. The smallest absolute Gasteiger partial charge is 0.282 e. The molecule has 1 aliphatic heterocycles. The molecule has 0 aliphatic carbocycles. The van der Waals surface area contributed by atoms with Crippen molar-refractivity contribution in [1.82, 2.24) is 0 Å². The quantitative estimate of drug-likeness (QED) is 0.685. The zero-order chi connectivity index (χ0) is 19.9. The summed E-state index contributed by atoms with van der Waals surface area (Å²) in [5, 5.41) is 0. The maximum Gasteiger partial charge on any atom is 0.282 e. The van der Waals surface area contributed by atoms with Gasteiger partial charge < -0.3 is 9.47 Å². The molecule has 1 heterocycles. The predicted molar refractivity (Wildman–Crippen MR) is 116 cm³/mol. The van der Waals surface area contributed by atoms with Crippen LogP contribution >= 0.6 is 0 Å². The Morgan fingerprint density at radius 1 is 1.21 bits per heavy atom. The summed E-state index contributed by atoms with van der Waals surface area (Å²) in [5.74, 6) is 1.96. The topological polar surface area (TPSA) is 33.8 Å². The van der Waals surface area contributed by atoms with Crippen LogP contribution in [0, 0.1) is 0 Å². The lowest BCUT2D eigenvalue weighted by Crippen LogP contribution is -2.31. The van der Waals surface area contributed by atoms with Crippen LogP contribution in [0.15, 0.2) is 53.5 Å². The number of aliphatic imine (C=N–C) groups is 1. The van der Waals surface area contributed by atoms with Gasteiger partial charge in [-0.2, -0.15) is 0 Å². The first-order valence-electron chi connectivity index (χ1n) is 9.77. The number of rotatable bonds is 6. The molecule has 1 aliphatic rings. The van der Waals surface area contributed by atoms with Crippen molar-refractivity contribution in [3.8, 4) is 5.75 Å². The molecule has 0 spiro atoms. The zero-order valence-electron chi connectivity index (χ0n) is 17.2. The van der Waals surface area contributed by atoms with E-state index in [2.05, 4.69) is 42.3 Å². The number of methoxy groups -OCH3 is 1. The van der Waals surface area contributed by atoms with E-state index in [9.17, 15) is 0 Å². The van der Waals surface area contributed by atoms with Crippen LogP contribution in [-0.2, 0) is 17.8 Å². The highest BCUT2D eigenvalue weighted by Gasteiger charge is 2.30. The summed E-state index contributed by atoms with van der Waals surface area (Å²) in [4.78, 5) is 4.55. The van der Waals surface area contributed by atoms with E-state index in [4.69, 9.17) is 9.47 Å². The molecule has 146 valence electrons. The molecule has 3 rings (SSSR count). The Morgan fingerprint density at radius 2 is 2.00 bits per heavy atom. The highest BCUT2D eigenvalue weighted by molar-refractivity contribution is 5.84. The number of allylic oxidation sites excluding steroid dienone is 1. The fourth-order valence-electron chi connectivity index (χ4n) is 3.59. The monoisotopic (exact) mass is 377 g/mol. The summed E-state index contributed by atoms with van der Waals surface area (Å²) < 4.78 is 14.0. The van der Waals surface area contributed by atoms with Crippen LogP contribution in [0.4, 0.5) is 0 Å². The molecule has 4 heteroatoms. The van der Waals surface area contributed by atoms with E-state index in [1.54, 1.807) is 7.11 Å². The Labute approximate surface area is 167 Å². The van der Waals surface area contributed by atoms with Crippen LogP contribution in [0.5, 0.6) is 5.75 Å². The summed E-state index contributed by atoms with van der Waals surface area (Å²) in [6, 6.07) is 14.7. The van der Waals surface area contributed by atoms with Crippen LogP contribution in [0.3, 0.4) is 0 Å². The summed E-state index contributed by atoms with van der Waals surface area (Å²) in [5.41, 5.74) is 4.66. The molecular formula is C24H29N2O2+. The fraction of sp³-hybridized carbons (Fsp3) is 0.333. The molecule has 1 unspecified atom stereocenters. The lowest BCUT2D eigenvalue weighted by atomic mass is 9.92. The average Bonchev–Trinajstić information content (AvgIpc) is 2.73. The molecule has 0 saturated carbocycles. The summed E-state index contributed by atoms with van der Waals surface area (Å²) in [6.07, 6.45) is 6.89. The van der Waals surface area contributed by atoms with E-state index in [1.165, 1.54) is 11.1 Å². The van der Waals surface area contributed by atoms with Gasteiger partial charge in [0.2, 0.25) is 0 Å². The Kier molecular flexibility index (Phi) is 6.64. The first-order chi connectivity index (χ1) is 13.7. The highest BCUT2D eigenvalue weighted by Crippen LogP contribution is 2.32. The van der Waals surface area contributed by atoms with Crippen LogP contribution in [0.25, 0.3) is 6.08 Å². The summed E-state index contributed by atoms with van der Waals surface area (Å²) in [6.45, 7) is 5.41. The summed E-state index contributed by atoms with van der Waals surface area (Å²) >= 11 is 0. The van der Waals surface area contributed by atoms with E-state index in [0.717, 1.165) is 29.2 Å². The summed E-state index contributed by atoms with van der Waals surface area (Å²) in [7, 11) is 3.73. The van der Waals surface area contributed by atoms with Crippen molar-refractivity contribution in [2.24, 2.45) is 4.99 Å². The zero-order valence-corrected chi connectivity index (χ0v) is 17.2. The molecule has 0 radical (unpaired) electrons. The Bertz CT molecular complexity index is 898. The molecule has 0 N–H and O–H groups in total. The van der Waals surface area contributed by atoms with Crippen LogP contribution in [0.2, 0.25) is 0 Å². The third-order valence-corrected chi connectivity index (χ3v) is 4.97. The molecular weight excluding hydrogens is 348 g/mol. The largest absolute Gasteiger partial charge is 0.496 e. The predicted octanol–water partition coefficient (Wildman–Crippen LogP) is 4.67. The van der Waals surface area contributed by atoms with Gasteiger partial charge in [-0.15, -0.1) is 0 Å². The second-order valence-electron chi connectivity index (χ2n) is 6.91. The van der Waals surface area contributed by atoms with Gasteiger partial charge in [-0.3, -0.25) is 0 Å². The van der Waals surface area contributed by atoms with E-state index in [0.29, 0.717) is 13.2 Å². The maximum absolute atomic E-state index is 6.28. The molecule has 0 saturated heterocycles. The van der Waals surface area contributed by atoms with Gasteiger partial charge in [0.1, 0.15) is 24.8 Å². The van der Waals surface area contributed by atoms with E-state index < -0.39 is 0 Å². The van der Waals surface area contributed by atoms with Gasteiger partial charge in [0, 0.05) is 5.56 Å². The van der Waals surface area contributed by atoms with Gasteiger partial charge in [-0.1, -0.05) is 60.5 Å². The van der Waals surface area contributed by atoms with Gasteiger partial charge in [-0.05, 0) is 36.1 Å². The van der Waals surface area contributed by atoms with Gasteiger partial charge in [-0.25, -0.2) is 4.58 Å². The van der Waals surface area contributed by atoms with Crippen molar-refractivity contribution in [2.45, 2.75) is 32.8 Å². The second kappa shape index (κ2) is 9.36. The third-order valence-electron chi connectivity index (χ3n) is 4.97. The van der Waals surface area contributed by atoms with Crippen LogP contribution < -0.4 is 4.74 Å². The van der Waals surface area contributed by atoms with Crippen molar-refractivity contribution < 1.29 is 14.0 Å². The van der Waals surface area contributed by atoms with Crippen molar-refractivity contribution >= 4 is 18.3 Å². The fourth-order valence-corrected chi connectivity index (χ4v) is 3.59. The van der Waals surface area contributed by atoms with Gasteiger partial charge in [0.05, 0.1) is 14.2 Å². The SMILES string of the molecule is CC=Cc1cc(C2CN=C[N+](C)=C2OCc2ccccc2)cc(CC)c1OC. The minimum absolute atomic E-state index is 0.0823. The number of benzene rings is 2. The normalized spacial score (nSPS) is 16.6. The first kappa shape index (κ1) is 19.9. The number of aryl methyl sites for hydroxylation is 1. The number of nitrogens with zero attached hydrogens (tertiary/aromatic N) is 2. The minimum Gasteiger partial charge on any atom is -0.496 e. The van der Waals surface area contributed by atoms with Crippen molar-refractivity contribution in [3.63, 3.8) is 0 Å². The number of hydrogen-bond acceptors (Lipinski definition) is 3. The molecule has 0 bridgehead atoms. The Balaban J connectivity index is 1.96. The standard InChI is InChI=1S/C24H29N2O2/c1-5-10-20-14-21(13-19(6-2)23(20)27-4)22-15-25-17-26(3)24(22)28-16-18-11-8-7-9-12-18/h5,7-14,17,22H,6,15-16H2,1-4H3/q+1. The molecule has 4 nitrogen and oxygen atoms in total. The molecule has 1 atom stereocenters. The molecule has 0 fully saturated rings. The van der Waals surface area contributed by atoms with Crippen molar-refractivity contribution in [3.05, 3.63) is 70.8 Å². The molecule has 0 amide bonds.